The summed E-state index contributed by atoms with van der Waals surface area (Å²) in [7, 11) is 0. The van der Waals surface area contributed by atoms with Gasteiger partial charge in [-0.2, -0.15) is 0 Å². The van der Waals surface area contributed by atoms with E-state index in [2.05, 4.69) is 5.32 Å². The number of aliphatic hydroxyl groups excluding tert-OH is 1. The molecule has 1 aromatic heterocycles. The summed E-state index contributed by atoms with van der Waals surface area (Å²) in [6, 6.07) is 12.9. The lowest BCUT2D eigenvalue weighted by atomic mass is 10.1. The molecule has 0 spiro atoms. The first-order valence-electron chi connectivity index (χ1n) is 5.97. The number of rotatable bonds is 4. The number of hydrogen-bond donors (Lipinski definition) is 3. The molecular formula is C14H14N2O3S. The van der Waals surface area contributed by atoms with Gasteiger partial charge in [0, 0.05) is 9.75 Å². The van der Waals surface area contributed by atoms with Gasteiger partial charge in [0.1, 0.15) is 6.10 Å². The zero-order valence-corrected chi connectivity index (χ0v) is 11.4. The molecule has 5 nitrogen and oxygen atoms in total. The van der Waals surface area contributed by atoms with Crippen LogP contribution in [0, 0.1) is 0 Å². The van der Waals surface area contributed by atoms with Gasteiger partial charge in [0.15, 0.2) is 0 Å². The molecule has 20 heavy (non-hydrogen) atoms. The number of benzene rings is 1. The Balaban J connectivity index is 2.02. The number of carbonyl (C=O) groups is 2. The van der Waals surface area contributed by atoms with E-state index in [1.807, 2.05) is 30.3 Å². The highest BCUT2D eigenvalue weighted by Crippen LogP contribution is 2.28. The lowest BCUT2D eigenvalue weighted by Gasteiger charge is -2.08. The van der Waals surface area contributed by atoms with Crippen LogP contribution in [0.4, 0.5) is 0 Å². The zero-order chi connectivity index (χ0) is 14.5. The maximum Gasteiger partial charge on any atom is 0.309 e. The number of nitrogens with one attached hydrogen (secondary N) is 1. The molecule has 0 radical (unpaired) electrons. The van der Waals surface area contributed by atoms with Crippen LogP contribution in [0.25, 0.3) is 0 Å². The predicted molar refractivity (Wildman–Crippen MR) is 75.9 cm³/mol. The van der Waals surface area contributed by atoms with Gasteiger partial charge in [-0.05, 0) is 17.7 Å². The van der Waals surface area contributed by atoms with Gasteiger partial charge in [-0.3, -0.25) is 9.59 Å². The SMILES string of the molecule is NC(=O)C(=O)NCc1ccc(C(O)c2ccccc2)s1. The Labute approximate surface area is 120 Å². The molecule has 1 atom stereocenters. The molecule has 2 aromatic rings. The van der Waals surface area contributed by atoms with E-state index in [4.69, 9.17) is 5.73 Å². The number of hydrogen-bond acceptors (Lipinski definition) is 4. The first kappa shape index (κ1) is 14.2. The van der Waals surface area contributed by atoms with Gasteiger partial charge in [0.05, 0.1) is 6.54 Å². The minimum Gasteiger partial charge on any atom is -0.383 e. The second-order valence-corrected chi connectivity index (χ2v) is 5.36. The van der Waals surface area contributed by atoms with Crippen molar-refractivity contribution >= 4 is 23.2 Å². The van der Waals surface area contributed by atoms with E-state index >= 15 is 0 Å². The molecular weight excluding hydrogens is 276 g/mol. The van der Waals surface area contributed by atoms with Crippen molar-refractivity contribution in [1.82, 2.24) is 5.32 Å². The van der Waals surface area contributed by atoms with E-state index in [0.29, 0.717) is 0 Å². The van der Waals surface area contributed by atoms with Crippen molar-refractivity contribution in [3.8, 4) is 0 Å². The van der Waals surface area contributed by atoms with Crippen LogP contribution in [0.1, 0.15) is 21.4 Å². The molecule has 0 saturated carbocycles. The maximum absolute atomic E-state index is 11.0. The first-order chi connectivity index (χ1) is 9.58. The molecule has 0 aliphatic carbocycles. The summed E-state index contributed by atoms with van der Waals surface area (Å²) in [6.45, 7) is 0.216. The van der Waals surface area contributed by atoms with Gasteiger partial charge in [0.25, 0.3) is 0 Å². The molecule has 0 bridgehead atoms. The van der Waals surface area contributed by atoms with Crippen LogP contribution in [0.2, 0.25) is 0 Å². The van der Waals surface area contributed by atoms with Crippen LogP contribution in [-0.2, 0) is 16.1 Å². The summed E-state index contributed by atoms with van der Waals surface area (Å²) >= 11 is 1.37. The van der Waals surface area contributed by atoms with Crippen molar-refractivity contribution in [3.05, 3.63) is 57.8 Å². The van der Waals surface area contributed by atoms with Gasteiger partial charge in [-0.1, -0.05) is 30.3 Å². The molecule has 1 unspecified atom stereocenters. The van der Waals surface area contributed by atoms with Crippen LogP contribution in [0.15, 0.2) is 42.5 Å². The third-order valence-electron chi connectivity index (χ3n) is 2.71. The standard InChI is InChI=1S/C14H14N2O3S/c15-13(18)14(19)16-8-10-6-7-11(20-10)12(17)9-4-2-1-3-5-9/h1-7,12,17H,8H2,(H2,15,18)(H,16,19). The lowest BCUT2D eigenvalue weighted by molar-refractivity contribution is -0.137. The maximum atomic E-state index is 11.0. The summed E-state index contributed by atoms with van der Waals surface area (Å²) in [5.41, 5.74) is 5.65. The number of thiophene rings is 1. The smallest absolute Gasteiger partial charge is 0.309 e. The minimum atomic E-state index is -1.01. The highest BCUT2D eigenvalue weighted by atomic mass is 32.1. The fourth-order valence-electron chi connectivity index (χ4n) is 1.69. The van der Waals surface area contributed by atoms with E-state index in [1.165, 1.54) is 11.3 Å². The topological polar surface area (TPSA) is 92.4 Å². The van der Waals surface area contributed by atoms with Crippen molar-refractivity contribution in [2.24, 2.45) is 5.73 Å². The third kappa shape index (κ3) is 3.43. The molecule has 4 N–H and O–H groups in total. The number of primary amides is 1. The van der Waals surface area contributed by atoms with Crippen molar-refractivity contribution in [1.29, 1.82) is 0 Å². The third-order valence-corrected chi connectivity index (χ3v) is 3.85. The zero-order valence-electron chi connectivity index (χ0n) is 10.6. The predicted octanol–water partition coefficient (Wildman–Crippen LogP) is 0.931. The quantitative estimate of drug-likeness (QED) is 0.731. The Morgan fingerprint density at radius 2 is 1.90 bits per heavy atom. The summed E-state index contributed by atoms with van der Waals surface area (Å²) < 4.78 is 0. The highest BCUT2D eigenvalue weighted by Gasteiger charge is 2.13. The molecule has 0 fully saturated rings. The first-order valence-corrected chi connectivity index (χ1v) is 6.79. The fraction of sp³-hybridized carbons (Fsp3) is 0.143. The molecule has 2 rings (SSSR count). The Bertz CT molecular complexity index is 610. The van der Waals surface area contributed by atoms with Gasteiger partial charge in [-0.15, -0.1) is 11.3 Å². The molecule has 0 aliphatic rings. The Morgan fingerprint density at radius 1 is 1.20 bits per heavy atom. The van der Waals surface area contributed by atoms with Gasteiger partial charge in [0.2, 0.25) is 0 Å². The van der Waals surface area contributed by atoms with E-state index in [0.717, 1.165) is 15.3 Å². The van der Waals surface area contributed by atoms with Crippen LogP contribution in [0.5, 0.6) is 0 Å². The van der Waals surface area contributed by atoms with Crippen LogP contribution in [-0.4, -0.2) is 16.9 Å². The fourth-order valence-corrected chi connectivity index (χ4v) is 2.66. The summed E-state index contributed by atoms with van der Waals surface area (Å²) in [5.74, 6) is -1.82. The average Bonchev–Trinajstić information content (AvgIpc) is 2.93. The second-order valence-electron chi connectivity index (χ2n) is 4.16. The minimum absolute atomic E-state index is 0.216. The summed E-state index contributed by atoms with van der Waals surface area (Å²) in [5, 5.41) is 12.6. The molecule has 0 aliphatic heterocycles. The van der Waals surface area contributed by atoms with Crippen molar-refractivity contribution in [2.45, 2.75) is 12.6 Å². The monoisotopic (exact) mass is 290 g/mol. The normalized spacial score (nSPS) is 11.8. The van der Waals surface area contributed by atoms with E-state index < -0.39 is 17.9 Å². The Hall–Kier alpha value is -2.18. The largest absolute Gasteiger partial charge is 0.383 e. The lowest BCUT2D eigenvalue weighted by Crippen LogP contribution is -2.35. The average molecular weight is 290 g/mol. The van der Waals surface area contributed by atoms with Crippen molar-refractivity contribution in [3.63, 3.8) is 0 Å². The van der Waals surface area contributed by atoms with Crippen LogP contribution in [0.3, 0.4) is 0 Å². The van der Waals surface area contributed by atoms with E-state index in [9.17, 15) is 14.7 Å². The van der Waals surface area contributed by atoms with Crippen molar-refractivity contribution < 1.29 is 14.7 Å². The summed E-state index contributed by atoms with van der Waals surface area (Å²) in [6.07, 6.45) is -0.693. The number of aliphatic hydroxyl groups is 1. The molecule has 1 aromatic carbocycles. The Kier molecular flexibility index (Phi) is 4.49. The van der Waals surface area contributed by atoms with Gasteiger partial charge < -0.3 is 16.2 Å². The number of carbonyl (C=O) groups excluding carboxylic acids is 2. The number of nitrogens with two attached hydrogens (primary N) is 1. The van der Waals surface area contributed by atoms with Gasteiger partial charge >= 0.3 is 11.8 Å². The second kappa shape index (κ2) is 6.31. The van der Waals surface area contributed by atoms with Crippen molar-refractivity contribution in [2.75, 3.05) is 0 Å². The highest BCUT2D eigenvalue weighted by molar-refractivity contribution is 7.12. The van der Waals surface area contributed by atoms with E-state index in [-0.39, 0.29) is 6.54 Å². The van der Waals surface area contributed by atoms with Crippen LogP contribution < -0.4 is 11.1 Å². The molecule has 0 saturated heterocycles. The number of amides is 2. The van der Waals surface area contributed by atoms with E-state index in [1.54, 1.807) is 12.1 Å². The molecule has 1 heterocycles. The Morgan fingerprint density at radius 3 is 2.55 bits per heavy atom. The molecule has 2 amide bonds. The summed E-state index contributed by atoms with van der Waals surface area (Å²) in [4.78, 5) is 23.3. The molecule has 6 heteroatoms. The molecule has 104 valence electrons. The van der Waals surface area contributed by atoms with Gasteiger partial charge in [-0.25, -0.2) is 0 Å². The van der Waals surface area contributed by atoms with Crippen LogP contribution >= 0.6 is 11.3 Å².